The van der Waals surface area contributed by atoms with Crippen molar-refractivity contribution in [2.24, 2.45) is 0 Å². The molecule has 2 N–H and O–H groups in total. The number of ether oxygens (including phenoxy) is 1. The first-order valence-electron chi connectivity index (χ1n) is 5.36. The van der Waals surface area contributed by atoms with Crippen LogP contribution in [0, 0.1) is 13.8 Å². The summed E-state index contributed by atoms with van der Waals surface area (Å²) in [5.74, 6) is 0.590. The third-order valence-corrected chi connectivity index (χ3v) is 2.50. The van der Waals surface area contributed by atoms with Crippen LogP contribution in [-0.2, 0) is 0 Å². The van der Waals surface area contributed by atoms with Crippen molar-refractivity contribution in [1.82, 2.24) is 0 Å². The lowest BCUT2D eigenvalue weighted by atomic mass is 10.1. The van der Waals surface area contributed by atoms with Crippen LogP contribution in [0.4, 0.5) is 18.9 Å². The molecule has 0 spiro atoms. The summed E-state index contributed by atoms with van der Waals surface area (Å²) in [5, 5.41) is 0. The minimum Gasteiger partial charge on any atom is -0.493 e. The Labute approximate surface area is 98.6 Å². The van der Waals surface area contributed by atoms with Gasteiger partial charge in [0.05, 0.1) is 6.61 Å². The molecule has 0 unspecified atom stereocenters. The molecule has 0 radical (unpaired) electrons. The molecule has 0 aliphatic carbocycles. The van der Waals surface area contributed by atoms with Crippen molar-refractivity contribution >= 4 is 5.69 Å². The van der Waals surface area contributed by atoms with Gasteiger partial charge in [0.25, 0.3) is 0 Å². The highest BCUT2D eigenvalue weighted by atomic mass is 19.4. The largest absolute Gasteiger partial charge is 0.493 e. The average molecular weight is 247 g/mol. The van der Waals surface area contributed by atoms with Crippen LogP contribution < -0.4 is 10.5 Å². The second kappa shape index (κ2) is 5.29. The summed E-state index contributed by atoms with van der Waals surface area (Å²) >= 11 is 0. The zero-order valence-corrected chi connectivity index (χ0v) is 9.90. The van der Waals surface area contributed by atoms with Crippen LogP contribution in [0.2, 0.25) is 0 Å². The molecule has 0 saturated heterocycles. The van der Waals surface area contributed by atoms with Gasteiger partial charge in [0, 0.05) is 17.7 Å². The van der Waals surface area contributed by atoms with Crippen molar-refractivity contribution in [1.29, 1.82) is 0 Å². The van der Waals surface area contributed by atoms with Crippen LogP contribution in [0.5, 0.6) is 5.75 Å². The molecule has 5 heteroatoms. The van der Waals surface area contributed by atoms with Crippen LogP contribution >= 0.6 is 0 Å². The van der Waals surface area contributed by atoms with Crippen molar-refractivity contribution in [3.05, 3.63) is 23.3 Å². The van der Waals surface area contributed by atoms with E-state index in [1.165, 1.54) is 0 Å². The third-order valence-electron chi connectivity index (χ3n) is 2.50. The Morgan fingerprint density at radius 2 is 1.88 bits per heavy atom. The Bertz CT molecular complexity index is 388. The Morgan fingerprint density at radius 1 is 1.24 bits per heavy atom. The topological polar surface area (TPSA) is 35.2 Å². The highest BCUT2D eigenvalue weighted by Crippen LogP contribution is 2.28. The van der Waals surface area contributed by atoms with Gasteiger partial charge in [0.15, 0.2) is 0 Å². The van der Waals surface area contributed by atoms with Gasteiger partial charge in [-0.1, -0.05) is 6.07 Å². The van der Waals surface area contributed by atoms with E-state index in [4.69, 9.17) is 10.5 Å². The van der Waals surface area contributed by atoms with E-state index in [0.29, 0.717) is 11.4 Å². The standard InChI is InChI=1S/C12H16F3NO/c1-8-4-5-10(16)9(2)11(8)17-7-3-6-12(13,14)15/h4-5H,3,6-7,16H2,1-2H3. The van der Waals surface area contributed by atoms with Crippen molar-refractivity contribution in [3.8, 4) is 5.75 Å². The number of rotatable bonds is 4. The predicted molar refractivity (Wildman–Crippen MR) is 61.1 cm³/mol. The minimum absolute atomic E-state index is 0.0445. The van der Waals surface area contributed by atoms with Crippen molar-refractivity contribution < 1.29 is 17.9 Å². The summed E-state index contributed by atoms with van der Waals surface area (Å²) < 4.78 is 41.1. The van der Waals surface area contributed by atoms with Gasteiger partial charge >= 0.3 is 6.18 Å². The number of benzene rings is 1. The van der Waals surface area contributed by atoms with E-state index in [0.717, 1.165) is 11.1 Å². The first kappa shape index (κ1) is 13.7. The SMILES string of the molecule is Cc1ccc(N)c(C)c1OCCCC(F)(F)F. The maximum absolute atomic E-state index is 11.9. The third kappa shape index (κ3) is 4.17. The van der Waals surface area contributed by atoms with E-state index in [1.54, 1.807) is 19.1 Å². The number of aryl methyl sites for hydroxylation is 1. The molecular formula is C12H16F3NO. The summed E-state index contributed by atoms with van der Waals surface area (Å²) in [5.41, 5.74) is 7.94. The van der Waals surface area contributed by atoms with Gasteiger partial charge in [0.2, 0.25) is 0 Å². The molecule has 2 nitrogen and oxygen atoms in total. The Hall–Kier alpha value is -1.39. The maximum atomic E-state index is 11.9. The summed E-state index contributed by atoms with van der Waals surface area (Å²) in [6.45, 7) is 3.68. The number of hydrogen-bond acceptors (Lipinski definition) is 2. The van der Waals surface area contributed by atoms with Gasteiger partial charge in [-0.3, -0.25) is 0 Å². The molecule has 0 aromatic heterocycles. The minimum atomic E-state index is -4.12. The molecule has 1 aromatic rings. The monoisotopic (exact) mass is 247 g/mol. The van der Waals surface area contributed by atoms with Gasteiger partial charge in [0.1, 0.15) is 5.75 Å². The number of halogens is 3. The first-order valence-corrected chi connectivity index (χ1v) is 5.36. The zero-order valence-electron chi connectivity index (χ0n) is 9.90. The predicted octanol–water partition coefficient (Wildman–Crippen LogP) is 3.61. The molecule has 0 aliphatic rings. The smallest absolute Gasteiger partial charge is 0.389 e. The number of anilines is 1. The van der Waals surface area contributed by atoms with E-state index < -0.39 is 12.6 Å². The molecule has 1 aromatic carbocycles. The second-order valence-electron chi connectivity index (χ2n) is 3.99. The fourth-order valence-corrected chi connectivity index (χ4v) is 1.51. The van der Waals surface area contributed by atoms with E-state index in [2.05, 4.69) is 0 Å². The van der Waals surface area contributed by atoms with E-state index in [9.17, 15) is 13.2 Å². The number of hydrogen-bond donors (Lipinski definition) is 1. The number of alkyl halides is 3. The number of nitrogen functional groups attached to an aromatic ring is 1. The number of nitrogens with two attached hydrogens (primary N) is 1. The highest BCUT2D eigenvalue weighted by molar-refractivity contribution is 5.56. The molecule has 0 atom stereocenters. The maximum Gasteiger partial charge on any atom is 0.389 e. The lowest BCUT2D eigenvalue weighted by Crippen LogP contribution is -2.10. The summed E-state index contributed by atoms with van der Waals surface area (Å²) in [4.78, 5) is 0. The van der Waals surface area contributed by atoms with Crippen molar-refractivity contribution in [2.45, 2.75) is 32.9 Å². The Balaban J connectivity index is 2.55. The fraction of sp³-hybridized carbons (Fsp3) is 0.500. The molecule has 0 amide bonds. The molecule has 17 heavy (non-hydrogen) atoms. The van der Waals surface area contributed by atoms with Crippen LogP contribution in [0.3, 0.4) is 0 Å². The molecule has 0 aliphatic heterocycles. The van der Waals surface area contributed by atoms with Crippen molar-refractivity contribution in [3.63, 3.8) is 0 Å². The van der Waals surface area contributed by atoms with Crippen LogP contribution in [0.15, 0.2) is 12.1 Å². The fourth-order valence-electron chi connectivity index (χ4n) is 1.51. The van der Waals surface area contributed by atoms with E-state index in [1.807, 2.05) is 6.92 Å². The molecule has 0 fully saturated rings. The summed E-state index contributed by atoms with van der Waals surface area (Å²) in [6.07, 6.45) is -4.99. The van der Waals surface area contributed by atoms with Gasteiger partial charge < -0.3 is 10.5 Å². The van der Waals surface area contributed by atoms with Crippen molar-refractivity contribution in [2.75, 3.05) is 12.3 Å². The average Bonchev–Trinajstić information content (AvgIpc) is 2.21. The van der Waals surface area contributed by atoms with E-state index >= 15 is 0 Å². The first-order chi connectivity index (χ1) is 7.81. The van der Waals surface area contributed by atoms with Gasteiger partial charge in [-0.15, -0.1) is 0 Å². The zero-order chi connectivity index (χ0) is 13.1. The molecule has 0 heterocycles. The second-order valence-corrected chi connectivity index (χ2v) is 3.99. The summed E-state index contributed by atoms with van der Waals surface area (Å²) in [6, 6.07) is 3.55. The Morgan fingerprint density at radius 3 is 2.47 bits per heavy atom. The normalized spacial score (nSPS) is 11.6. The molecule has 0 saturated carbocycles. The van der Waals surface area contributed by atoms with Crippen LogP contribution in [0.25, 0.3) is 0 Å². The van der Waals surface area contributed by atoms with Gasteiger partial charge in [-0.2, -0.15) is 13.2 Å². The molecule has 1 rings (SSSR count). The van der Waals surface area contributed by atoms with E-state index in [-0.39, 0.29) is 13.0 Å². The van der Waals surface area contributed by atoms with Crippen LogP contribution in [-0.4, -0.2) is 12.8 Å². The molecule has 96 valence electrons. The Kier molecular flexibility index (Phi) is 4.26. The highest BCUT2D eigenvalue weighted by Gasteiger charge is 2.26. The van der Waals surface area contributed by atoms with Crippen LogP contribution in [0.1, 0.15) is 24.0 Å². The molecule has 0 bridgehead atoms. The quantitative estimate of drug-likeness (QED) is 0.651. The van der Waals surface area contributed by atoms with Gasteiger partial charge in [-0.05, 0) is 31.9 Å². The van der Waals surface area contributed by atoms with Gasteiger partial charge in [-0.25, -0.2) is 0 Å². The molecular weight excluding hydrogens is 231 g/mol. The lowest BCUT2D eigenvalue weighted by molar-refractivity contribution is -0.136. The summed E-state index contributed by atoms with van der Waals surface area (Å²) in [7, 11) is 0. The lowest BCUT2D eigenvalue weighted by Gasteiger charge is -2.14.